The highest BCUT2D eigenvalue weighted by Gasteiger charge is 2.32. The van der Waals surface area contributed by atoms with Crippen LogP contribution in [-0.4, -0.2) is 26.2 Å². The van der Waals surface area contributed by atoms with Crippen LogP contribution in [0.2, 0.25) is 0 Å². The van der Waals surface area contributed by atoms with Gasteiger partial charge in [0.25, 0.3) is 0 Å². The molecule has 15 heavy (non-hydrogen) atoms. The summed E-state index contributed by atoms with van der Waals surface area (Å²) >= 11 is 0. The molecule has 2 rings (SSSR count). The Balaban J connectivity index is 2.33. The molecule has 1 aromatic heterocycles. The van der Waals surface area contributed by atoms with Crippen LogP contribution in [0.4, 0.5) is 0 Å². The van der Waals surface area contributed by atoms with E-state index < -0.39 is 6.10 Å². The third-order valence-electron chi connectivity index (χ3n) is 3.05. The Bertz CT molecular complexity index is 343. The summed E-state index contributed by atoms with van der Waals surface area (Å²) in [6, 6.07) is -0.0339. The van der Waals surface area contributed by atoms with E-state index in [4.69, 9.17) is 5.73 Å². The summed E-state index contributed by atoms with van der Waals surface area (Å²) in [5, 5.41) is 17.7. The van der Waals surface area contributed by atoms with Crippen molar-refractivity contribution in [2.45, 2.75) is 51.3 Å². The van der Waals surface area contributed by atoms with Gasteiger partial charge in [0, 0.05) is 12.5 Å². The first kappa shape index (κ1) is 10.6. The number of hydrogen-bond donors (Lipinski definition) is 2. The van der Waals surface area contributed by atoms with E-state index in [1.165, 1.54) is 12.8 Å². The molecule has 2 unspecified atom stereocenters. The van der Waals surface area contributed by atoms with Crippen LogP contribution in [0.25, 0.3) is 0 Å². The largest absolute Gasteiger partial charge is 0.391 e. The Morgan fingerprint density at radius 1 is 1.53 bits per heavy atom. The zero-order valence-corrected chi connectivity index (χ0v) is 9.22. The second kappa shape index (κ2) is 3.90. The lowest BCUT2D eigenvalue weighted by molar-refractivity contribution is 0.129. The Morgan fingerprint density at radius 3 is 2.67 bits per heavy atom. The van der Waals surface area contributed by atoms with Crippen molar-refractivity contribution in [2.75, 3.05) is 0 Å². The van der Waals surface area contributed by atoms with Gasteiger partial charge in [-0.15, -0.1) is 5.10 Å². The molecule has 1 aliphatic rings. The Labute approximate surface area is 89.3 Å². The normalized spacial score (nSPS) is 20.3. The van der Waals surface area contributed by atoms with Gasteiger partial charge in [-0.1, -0.05) is 5.21 Å². The average molecular weight is 210 g/mol. The molecule has 5 heteroatoms. The smallest absolute Gasteiger partial charge is 0.0997 e. The van der Waals surface area contributed by atoms with Gasteiger partial charge >= 0.3 is 0 Å². The maximum absolute atomic E-state index is 9.56. The molecule has 84 valence electrons. The fourth-order valence-electron chi connectivity index (χ4n) is 1.76. The van der Waals surface area contributed by atoms with Crippen LogP contribution in [-0.2, 0) is 6.54 Å². The number of nitrogens with two attached hydrogens (primary N) is 1. The van der Waals surface area contributed by atoms with Gasteiger partial charge in [-0.2, -0.15) is 0 Å². The van der Waals surface area contributed by atoms with Gasteiger partial charge in [0.05, 0.1) is 23.5 Å². The maximum atomic E-state index is 9.56. The maximum Gasteiger partial charge on any atom is 0.0997 e. The molecule has 0 saturated heterocycles. The molecule has 0 radical (unpaired) electrons. The molecule has 0 amide bonds. The Kier molecular flexibility index (Phi) is 2.75. The molecule has 0 aromatic carbocycles. The molecule has 3 N–H and O–H groups in total. The highest BCUT2D eigenvalue weighted by atomic mass is 16.3. The molecule has 0 aliphatic heterocycles. The van der Waals surface area contributed by atoms with Crippen LogP contribution in [0.15, 0.2) is 0 Å². The number of aliphatic hydroxyl groups excluding tert-OH is 1. The predicted octanol–water partition coefficient (Wildman–Crippen LogP) is 0.556. The van der Waals surface area contributed by atoms with Crippen LogP contribution < -0.4 is 5.73 Å². The molecule has 1 aromatic rings. The second-order valence-electron chi connectivity index (χ2n) is 4.33. The van der Waals surface area contributed by atoms with Crippen molar-refractivity contribution in [1.82, 2.24) is 15.0 Å². The second-order valence-corrected chi connectivity index (χ2v) is 4.33. The zero-order valence-electron chi connectivity index (χ0n) is 9.22. The lowest BCUT2D eigenvalue weighted by atomic mass is 10.1. The summed E-state index contributed by atoms with van der Waals surface area (Å²) in [5.41, 5.74) is 7.64. The summed E-state index contributed by atoms with van der Waals surface area (Å²) in [6.45, 7) is 4.15. The van der Waals surface area contributed by atoms with Gasteiger partial charge < -0.3 is 10.8 Å². The highest BCUT2D eigenvalue weighted by Crippen LogP contribution is 2.42. The third-order valence-corrected chi connectivity index (χ3v) is 3.05. The molecular weight excluding hydrogens is 192 g/mol. The topological polar surface area (TPSA) is 77.0 Å². The summed E-state index contributed by atoms with van der Waals surface area (Å²) in [5.74, 6) is 0.555. The van der Waals surface area contributed by atoms with Crippen molar-refractivity contribution in [3.8, 4) is 0 Å². The van der Waals surface area contributed by atoms with E-state index in [1.54, 1.807) is 6.92 Å². The molecular formula is C10H18N4O. The minimum absolute atomic E-state index is 0.0339. The van der Waals surface area contributed by atoms with Crippen LogP contribution in [0, 0.1) is 0 Å². The molecule has 0 bridgehead atoms. The van der Waals surface area contributed by atoms with E-state index in [0.29, 0.717) is 12.5 Å². The van der Waals surface area contributed by atoms with Crippen molar-refractivity contribution < 1.29 is 5.11 Å². The SMILES string of the molecule is CC(O)C(C)n1nnc(CN)c1C1CC1. The number of hydrogen-bond acceptors (Lipinski definition) is 4. The number of rotatable bonds is 4. The van der Waals surface area contributed by atoms with Crippen molar-refractivity contribution in [3.05, 3.63) is 11.4 Å². The molecule has 1 saturated carbocycles. The van der Waals surface area contributed by atoms with Crippen LogP contribution >= 0.6 is 0 Å². The van der Waals surface area contributed by atoms with Gasteiger partial charge in [0.1, 0.15) is 0 Å². The fraction of sp³-hybridized carbons (Fsp3) is 0.800. The summed E-state index contributed by atoms with van der Waals surface area (Å²) in [7, 11) is 0. The lowest BCUT2D eigenvalue weighted by Crippen LogP contribution is -2.21. The third kappa shape index (κ3) is 1.89. The molecule has 5 nitrogen and oxygen atoms in total. The van der Waals surface area contributed by atoms with Gasteiger partial charge in [-0.25, -0.2) is 4.68 Å². The van der Waals surface area contributed by atoms with Crippen molar-refractivity contribution in [2.24, 2.45) is 5.73 Å². The minimum Gasteiger partial charge on any atom is -0.391 e. The summed E-state index contributed by atoms with van der Waals surface area (Å²) < 4.78 is 1.84. The Morgan fingerprint density at radius 2 is 2.20 bits per heavy atom. The number of aromatic nitrogens is 3. The van der Waals surface area contributed by atoms with Crippen molar-refractivity contribution in [1.29, 1.82) is 0 Å². The summed E-state index contributed by atoms with van der Waals surface area (Å²) in [4.78, 5) is 0. The van der Waals surface area contributed by atoms with Crippen molar-refractivity contribution in [3.63, 3.8) is 0 Å². The van der Waals surface area contributed by atoms with Crippen LogP contribution in [0.5, 0.6) is 0 Å². The fourth-order valence-corrected chi connectivity index (χ4v) is 1.76. The zero-order chi connectivity index (χ0) is 11.0. The van der Waals surface area contributed by atoms with Crippen molar-refractivity contribution >= 4 is 0 Å². The van der Waals surface area contributed by atoms with E-state index >= 15 is 0 Å². The van der Waals surface area contributed by atoms with Gasteiger partial charge in [0.2, 0.25) is 0 Å². The standard InChI is InChI=1S/C10H18N4O/c1-6(7(2)15)14-10(8-3-4-8)9(5-11)12-13-14/h6-8,15H,3-5,11H2,1-2H3. The molecule has 1 aliphatic carbocycles. The van der Waals surface area contributed by atoms with Crippen LogP contribution in [0.1, 0.15) is 50.0 Å². The first-order valence-corrected chi connectivity index (χ1v) is 5.47. The highest BCUT2D eigenvalue weighted by molar-refractivity contribution is 5.21. The first-order chi connectivity index (χ1) is 7.15. The predicted molar refractivity (Wildman–Crippen MR) is 56.3 cm³/mol. The van der Waals surface area contributed by atoms with Gasteiger partial charge in [-0.05, 0) is 26.7 Å². The van der Waals surface area contributed by atoms with Gasteiger partial charge in [0.15, 0.2) is 0 Å². The minimum atomic E-state index is -0.421. The van der Waals surface area contributed by atoms with E-state index in [2.05, 4.69) is 10.3 Å². The van der Waals surface area contributed by atoms with Crippen LogP contribution in [0.3, 0.4) is 0 Å². The van der Waals surface area contributed by atoms with E-state index in [0.717, 1.165) is 11.4 Å². The molecule has 1 fully saturated rings. The Hall–Kier alpha value is -0.940. The molecule has 0 spiro atoms. The summed E-state index contributed by atoms with van der Waals surface area (Å²) in [6.07, 6.45) is 1.95. The monoisotopic (exact) mass is 210 g/mol. The van der Waals surface area contributed by atoms with Gasteiger partial charge in [-0.3, -0.25) is 0 Å². The molecule has 1 heterocycles. The van der Waals surface area contributed by atoms with E-state index in [9.17, 15) is 5.11 Å². The van der Waals surface area contributed by atoms with E-state index in [-0.39, 0.29) is 6.04 Å². The average Bonchev–Trinajstić information content (AvgIpc) is 2.96. The van der Waals surface area contributed by atoms with E-state index in [1.807, 2.05) is 11.6 Å². The molecule has 2 atom stereocenters. The number of nitrogens with zero attached hydrogens (tertiary/aromatic N) is 3. The lowest BCUT2D eigenvalue weighted by Gasteiger charge is -2.17. The number of aliphatic hydroxyl groups is 1. The first-order valence-electron chi connectivity index (χ1n) is 5.47. The quantitative estimate of drug-likeness (QED) is 0.761.